The van der Waals surface area contributed by atoms with E-state index in [0.29, 0.717) is 53.6 Å². The summed E-state index contributed by atoms with van der Waals surface area (Å²) in [6.45, 7) is 3.34. The van der Waals surface area contributed by atoms with Gasteiger partial charge in [-0.3, -0.25) is 4.79 Å². The molecule has 1 aromatic carbocycles. The van der Waals surface area contributed by atoms with E-state index in [9.17, 15) is 4.79 Å². The minimum Gasteiger partial charge on any atom is -0.368 e. The van der Waals surface area contributed by atoms with Crippen LogP contribution < -0.4 is 5.32 Å². The van der Waals surface area contributed by atoms with Gasteiger partial charge < -0.3 is 19.9 Å². The maximum Gasteiger partial charge on any atom is 0.251 e. The Morgan fingerprint density at radius 2 is 1.92 bits per heavy atom. The van der Waals surface area contributed by atoms with E-state index >= 15 is 0 Å². The zero-order chi connectivity index (χ0) is 17.1. The second kappa shape index (κ2) is 7.87. The first kappa shape index (κ1) is 17.7. The quantitative estimate of drug-likeness (QED) is 0.790. The predicted octanol–water partition coefficient (Wildman–Crippen LogP) is 3.01. The second-order valence-corrected chi connectivity index (χ2v) is 7.10. The molecule has 1 N–H and O–H groups in total. The molecule has 2 heterocycles. The zero-order valence-electron chi connectivity index (χ0n) is 13.1. The Kier molecular flexibility index (Phi) is 5.81. The first-order valence-corrected chi connectivity index (χ1v) is 9.12. The van der Waals surface area contributed by atoms with E-state index in [1.165, 1.54) is 0 Å². The lowest BCUT2D eigenvalue weighted by molar-refractivity contribution is -0.142. The Morgan fingerprint density at radius 3 is 2.58 bits per heavy atom. The molecule has 0 radical (unpaired) electrons. The van der Waals surface area contributed by atoms with Gasteiger partial charge in [-0.15, -0.1) is 0 Å². The van der Waals surface area contributed by atoms with Crippen LogP contribution in [0, 0.1) is 0 Å². The molecule has 1 aromatic rings. The van der Waals surface area contributed by atoms with Crippen LogP contribution in [0.15, 0.2) is 18.2 Å². The molecule has 0 bridgehead atoms. The van der Waals surface area contributed by atoms with Crippen LogP contribution in [0.2, 0.25) is 10.0 Å². The molecular weight excluding hydrogens is 369 g/mol. The Hall–Kier alpha value is -1.08. The standard InChI is InChI=1S/C16H19Cl2N3O2S/c17-11-3-4-12(18)13(10-11)19-16(24)21-7-5-20(6-8-21)15(22)14-2-1-9-23-14/h3-4,10,14H,1-2,5-9H2,(H,19,24). The molecule has 2 aliphatic heterocycles. The van der Waals surface area contributed by atoms with Crippen LogP contribution in [0.5, 0.6) is 0 Å². The number of amides is 1. The monoisotopic (exact) mass is 387 g/mol. The van der Waals surface area contributed by atoms with E-state index in [0.717, 1.165) is 12.8 Å². The summed E-state index contributed by atoms with van der Waals surface area (Å²) in [7, 11) is 0. The average Bonchev–Trinajstić information content (AvgIpc) is 3.12. The maximum atomic E-state index is 12.4. The average molecular weight is 388 g/mol. The number of nitrogens with one attached hydrogen (secondary N) is 1. The van der Waals surface area contributed by atoms with Gasteiger partial charge in [0.25, 0.3) is 5.91 Å². The van der Waals surface area contributed by atoms with Gasteiger partial charge in [0.05, 0.1) is 10.7 Å². The van der Waals surface area contributed by atoms with Gasteiger partial charge in [-0.2, -0.15) is 0 Å². The molecule has 24 heavy (non-hydrogen) atoms. The Balaban J connectivity index is 1.53. The van der Waals surface area contributed by atoms with E-state index < -0.39 is 0 Å². The number of anilines is 1. The number of hydrogen-bond acceptors (Lipinski definition) is 3. The summed E-state index contributed by atoms with van der Waals surface area (Å²) in [5.41, 5.74) is 0.687. The lowest BCUT2D eigenvalue weighted by atomic mass is 10.2. The molecule has 2 saturated heterocycles. The lowest BCUT2D eigenvalue weighted by Crippen LogP contribution is -2.53. The molecule has 3 rings (SSSR count). The van der Waals surface area contributed by atoms with Crippen molar-refractivity contribution in [1.82, 2.24) is 9.80 Å². The van der Waals surface area contributed by atoms with Crippen molar-refractivity contribution in [2.75, 3.05) is 38.1 Å². The smallest absolute Gasteiger partial charge is 0.251 e. The van der Waals surface area contributed by atoms with Crippen molar-refractivity contribution >= 4 is 52.1 Å². The van der Waals surface area contributed by atoms with Gasteiger partial charge in [0.2, 0.25) is 0 Å². The van der Waals surface area contributed by atoms with Gasteiger partial charge in [-0.1, -0.05) is 23.2 Å². The summed E-state index contributed by atoms with van der Waals surface area (Å²) < 4.78 is 5.48. The highest BCUT2D eigenvalue weighted by Crippen LogP contribution is 2.26. The topological polar surface area (TPSA) is 44.8 Å². The summed E-state index contributed by atoms with van der Waals surface area (Å²) in [6, 6.07) is 5.20. The minimum absolute atomic E-state index is 0.101. The third-order valence-electron chi connectivity index (χ3n) is 4.25. The number of nitrogens with zero attached hydrogens (tertiary/aromatic N) is 2. The fourth-order valence-electron chi connectivity index (χ4n) is 2.89. The molecule has 130 valence electrons. The molecule has 0 spiro atoms. The number of benzene rings is 1. The summed E-state index contributed by atoms with van der Waals surface area (Å²) in [6.07, 6.45) is 1.53. The number of carbonyl (C=O) groups is 1. The second-order valence-electron chi connectivity index (χ2n) is 5.87. The summed E-state index contributed by atoms with van der Waals surface area (Å²) in [4.78, 5) is 16.2. The van der Waals surface area contributed by atoms with Crippen LogP contribution in [-0.2, 0) is 9.53 Å². The van der Waals surface area contributed by atoms with E-state index in [1.807, 2.05) is 9.80 Å². The van der Waals surface area contributed by atoms with Crippen molar-refractivity contribution < 1.29 is 9.53 Å². The fraction of sp³-hybridized carbons (Fsp3) is 0.500. The molecular formula is C16H19Cl2N3O2S. The van der Waals surface area contributed by atoms with Gasteiger partial charge in [0.15, 0.2) is 5.11 Å². The Morgan fingerprint density at radius 1 is 1.21 bits per heavy atom. The highest BCUT2D eigenvalue weighted by Gasteiger charge is 2.30. The first-order valence-electron chi connectivity index (χ1n) is 7.96. The Labute approximate surface area is 156 Å². The van der Waals surface area contributed by atoms with Crippen LogP contribution in [-0.4, -0.2) is 59.7 Å². The van der Waals surface area contributed by atoms with Gasteiger partial charge in [0, 0.05) is 37.8 Å². The van der Waals surface area contributed by atoms with Crippen molar-refractivity contribution in [1.29, 1.82) is 0 Å². The zero-order valence-corrected chi connectivity index (χ0v) is 15.5. The van der Waals surface area contributed by atoms with E-state index in [1.54, 1.807) is 18.2 Å². The normalized spacial score (nSPS) is 21.0. The molecule has 8 heteroatoms. The fourth-order valence-corrected chi connectivity index (χ4v) is 3.52. The number of rotatable bonds is 2. The van der Waals surface area contributed by atoms with Crippen molar-refractivity contribution in [3.05, 3.63) is 28.2 Å². The lowest BCUT2D eigenvalue weighted by Gasteiger charge is -2.37. The molecule has 2 aliphatic rings. The number of halogens is 2. The first-order chi connectivity index (χ1) is 11.5. The van der Waals surface area contributed by atoms with Crippen molar-refractivity contribution in [3.8, 4) is 0 Å². The largest absolute Gasteiger partial charge is 0.368 e. The highest BCUT2D eigenvalue weighted by molar-refractivity contribution is 7.80. The Bertz CT molecular complexity index is 630. The maximum absolute atomic E-state index is 12.4. The molecule has 1 unspecified atom stereocenters. The summed E-state index contributed by atoms with van der Waals surface area (Å²) >= 11 is 17.6. The summed E-state index contributed by atoms with van der Waals surface area (Å²) in [5, 5.41) is 4.88. The predicted molar refractivity (Wildman–Crippen MR) is 99.8 cm³/mol. The van der Waals surface area contributed by atoms with Crippen molar-refractivity contribution in [2.24, 2.45) is 0 Å². The summed E-state index contributed by atoms with van der Waals surface area (Å²) in [5.74, 6) is 0.101. The minimum atomic E-state index is -0.258. The van der Waals surface area contributed by atoms with E-state index in [-0.39, 0.29) is 12.0 Å². The van der Waals surface area contributed by atoms with Crippen molar-refractivity contribution in [3.63, 3.8) is 0 Å². The van der Waals surface area contributed by atoms with Crippen LogP contribution >= 0.6 is 35.4 Å². The number of piperazine rings is 1. The third-order valence-corrected chi connectivity index (χ3v) is 5.18. The van der Waals surface area contributed by atoms with Crippen LogP contribution in [0.25, 0.3) is 0 Å². The number of carbonyl (C=O) groups excluding carboxylic acids is 1. The molecule has 1 amide bonds. The number of thiocarbonyl (C=S) groups is 1. The van der Waals surface area contributed by atoms with Gasteiger partial charge in [-0.05, 0) is 43.3 Å². The van der Waals surface area contributed by atoms with Gasteiger partial charge in [-0.25, -0.2) is 0 Å². The molecule has 0 aromatic heterocycles. The number of hydrogen-bond donors (Lipinski definition) is 1. The number of ether oxygens (including phenoxy) is 1. The molecule has 1 atom stereocenters. The van der Waals surface area contributed by atoms with Crippen LogP contribution in [0.1, 0.15) is 12.8 Å². The van der Waals surface area contributed by atoms with Gasteiger partial charge in [0.1, 0.15) is 6.10 Å². The molecule has 0 aliphatic carbocycles. The highest BCUT2D eigenvalue weighted by atomic mass is 35.5. The SMILES string of the molecule is O=C(C1CCCO1)N1CCN(C(=S)Nc2cc(Cl)ccc2Cl)CC1. The molecule has 0 saturated carbocycles. The van der Waals surface area contributed by atoms with Crippen molar-refractivity contribution in [2.45, 2.75) is 18.9 Å². The molecule has 2 fully saturated rings. The van der Waals surface area contributed by atoms with E-state index in [2.05, 4.69) is 5.32 Å². The molecule has 5 nitrogen and oxygen atoms in total. The third kappa shape index (κ3) is 4.11. The van der Waals surface area contributed by atoms with E-state index in [4.69, 9.17) is 40.2 Å². The van der Waals surface area contributed by atoms with Gasteiger partial charge >= 0.3 is 0 Å². The van der Waals surface area contributed by atoms with Crippen LogP contribution in [0.3, 0.4) is 0 Å². The van der Waals surface area contributed by atoms with Crippen LogP contribution in [0.4, 0.5) is 5.69 Å².